The summed E-state index contributed by atoms with van der Waals surface area (Å²) in [5, 5.41) is 0. The first-order valence-corrected chi connectivity index (χ1v) is 6.89. The van der Waals surface area contributed by atoms with E-state index in [2.05, 4.69) is 65.9 Å². The van der Waals surface area contributed by atoms with Gasteiger partial charge in [-0.05, 0) is 42.7 Å². The van der Waals surface area contributed by atoms with Crippen molar-refractivity contribution in [3.8, 4) is 0 Å². The highest BCUT2D eigenvalue weighted by Gasteiger charge is 2.10. The SMILES string of the molecule is Cc1ccc2c(c1)nc(CN)n2Cc1ccccc1C. The summed E-state index contributed by atoms with van der Waals surface area (Å²) in [7, 11) is 0. The van der Waals surface area contributed by atoms with Crippen molar-refractivity contribution < 1.29 is 0 Å². The van der Waals surface area contributed by atoms with E-state index in [9.17, 15) is 0 Å². The number of rotatable bonds is 3. The molecule has 102 valence electrons. The first kappa shape index (κ1) is 12.9. The molecule has 2 N–H and O–H groups in total. The first-order chi connectivity index (χ1) is 9.69. The van der Waals surface area contributed by atoms with E-state index in [-0.39, 0.29) is 0 Å². The molecule has 0 aliphatic rings. The number of fused-ring (bicyclic) bond motifs is 1. The quantitative estimate of drug-likeness (QED) is 0.790. The van der Waals surface area contributed by atoms with Gasteiger partial charge >= 0.3 is 0 Å². The first-order valence-electron chi connectivity index (χ1n) is 6.89. The maximum absolute atomic E-state index is 5.86. The minimum Gasteiger partial charge on any atom is -0.324 e. The molecule has 0 amide bonds. The lowest BCUT2D eigenvalue weighted by molar-refractivity contribution is 0.741. The van der Waals surface area contributed by atoms with E-state index < -0.39 is 0 Å². The monoisotopic (exact) mass is 265 g/mol. The van der Waals surface area contributed by atoms with Crippen molar-refractivity contribution in [3.63, 3.8) is 0 Å². The summed E-state index contributed by atoms with van der Waals surface area (Å²) in [5.41, 5.74) is 11.9. The topological polar surface area (TPSA) is 43.8 Å². The van der Waals surface area contributed by atoms with E-state index in [1.807, 2.05) is 0 Å². The maximum Gasteiger partial charge on any atom is 0.123 e. The highest BCUT2D eigenvalue weighted by Crippen LogP contribution is 2.20. The minimum atomic E-state index is 0.458. The number of imidazole rings is 1. The van der Waals surface area contributed by atoms with Crippen molar-refractivity contribution >= 4 is 11.0 Å². The summed E-state index contributed by atoms with van der Waals surface area (Å²) in [5.74, 6) is 0.939. The second kappa shape index (κ2) is 5.10. The van der Waals surface area contributed by atoms with Gasteiger partial charge in [0.1, 0.15) is 5.82 Å². The Morgan fingerprint density at radius 2 is 1.90 bits per heavy atom. The fraction of sp³-hybridized carbons (Fsp3) is 0.235. The number of hydrogen-bond donors (Lipinski definition) is 1. The molecule has 3 heteroatoms. The largest absolute Gasteiger partial charge is 0.324 e. The van der Waals surface area contributed by atoms with Gasteiger partial charge in [0, 0.05) is 6.54 Å². The van der Waals surface area contributed by atoms with Crippen molar-refractivity contribution in [2.75, 3.05) is 0 Å². The van der Waals surface area contributed by atoms with Gasteiger partial charge < -0.3 is 10.3 Å². The molecule has 0 radical (unpaired) electrons. The van der Waals surface area contributed by atoms with Gasteiger partial charge in [-0.25, -0.2) is 4.98 Å². The summed E-state index contributed by atoms with van der Waals surface area (Å²) in [6.45, 7) is 5.50. The fourth-order valence-electron chi connectivity index (χ4n) is 2.58. The molecule has 3 rings (SSSR count). The maximum atomic E-state index is 5.86. The Kier molecular flexibility index (Phi) is 3.28. The van der Waals surface area contributed by atoms with Gasteiger partial charge in [-0.3, -0.25) is 0 Å². The number of aromatic nitrogens is 2. The zero-order chi connectivity index (χ0) is 14.1. The molecular weight excluding hydrogens is 246 g/mol. The average molecular weight is 265 g/mol. The van der Waals surface area contributed by atoms with Gasteiger partial charge in [-0.2, -0.15) is 0 Å². The third-order valence-electron chi connectivity index (χ3n) is 3.76. The number of aryl methyl sites for hydroxylation is 2. The van der Waals surface area contributed by atoms with Crippen LogP contribution in [-0.4, -0.2) is 9.55 Å². The fourth-order valence-corrected chi connectivity index (χ4v) is 2.58. The third-order valence-corrected chi connectivity index (χ3v) is 3.76. The van der Waals surface area contributed by atoms with Crippen LogP contribution in [0.5, 0.6) is 0 Å². The molecule has 0 saturated heterocycles. The van der Waals surface area contributed by atoms with Crippen molar-refractivity contribution in [2.24, 2.45) is 5.73 Å². The Balaban J connectivity index is 2.12. The standard InChI is InChI=1S/C17H19N3/c1-12-7-8-16-15(9-12)19-17(10-18)20(16)11-14-6-4-3-5-13(14)2/h3-9H,10-11,18H2,1-2H3. The van der Waals surface area contributed by atoms with Crippen molar-refractivity contribution in [3.05, 3.63) is 65.0 Å². The lowest BCUT2D eigenvalue weighted by Gasteiger charge is -2.10. The summed E-state index contributed by atoms with van der Waals surface area (Å²) in [6, 6.07) is 14.8. The molecule has 3 aromatic rings. The minimum absolute atomic E-state index is 0.458. The number of benzene rings is 2. The molecule has 0 spiro atoms. The van der Waals surface area contributed by atoms with Crippen molar-refractivity contribution in [2.45, 2.75) is 26.9 Å². The highest BCUT2D eigenvalue weighted by atomic mass is 15.1. The van der Waals surface area contributed by atoms with Crippen LogP contribution in [0.2, 0.25) is 0 Å². The van der Waals surface area contributed by atoms with Gasteiger partial charge in [0.15, 0.2) is 0 Å². The molecule has 1 heterocycles. The molecule has 3 nitrogen and oxygen atoms in total. The Morgan fingerprint density at radius 1 is 1.10 bits per heavy atom. The molecule has 0 atom stereocenters. The third kappa shape index (κ3) is 2.21. The van der Waals surface area contributed by atoms with Crippen LogP contribution in [0.3, 0.4) is 0 Å². The van der Waals surface area contributed by atoms with E-state index in [0.29, 0.717) is 6.54 Å². The molecule has 0 unspecified atom stereocenters. The van der Waals surface area contributed by atoms with Crippen LogP contribution in [-0.2, 0) is 13.1 Å². The molecule has 2 aromatic carbocycles. The molecule has 0 aliphatic carbocycles. The summed E-state index contributed by atoms with van der Waals surface area (Å²) in [4.78, 5) is 4.66. The van der Waals surface area contributed by atoms with Gasteiger partial charge in [0.25, 0.3) is 0 Å². The Hall–Kier alpha value is -2.13. The predicted octanol–water partition coefficient (Wildman–Crippen LogP) is 3.16. The van der Waals surface area contributed by atoms with Crippen LogP contribution >= 0.6 is 0 Å². The van der Waals surface area contributed by atoms with E-state index in [0.717, 1.165) is 23.4 Å². The van der Waals surface area contributed by atoms with Crippen LogP contribution in [0.25, 0.3) is 11.0 Å². The van der Waals surface area contributed by atoms with Crippen LogP contribution < -0.4 is 5.73 Å². The average Bonchev–Trinajstić information content (AvgIpc) is 2.78. The molecule has 0 fully saturated rings. The lowest BCUT2D eigenvalue weighted by Crippen LogP contribution is -2.10. The summed E-state index contributed by atoms with van der Waals surface area (Å²) in [6.07, 6.45) is 0. The molecule has 0 aliphatic heterocycles. The highest BCUT2D eigenvalue weighted by molar-refractivity contribution is 5.77. The molecular formula is C17H19N3. The normalized spacial score (nSPS) is 11.2. The summed E-state index contributed by atoms with van der Waals surface area (Å²) >= 11 is 0. The zero-order valence-electron chi connectivity index (χ0n) is 11.9. The van der Waals surface area contributed by atoms with Crippen LogP contribution in [0.4, 0.5) is 0 Å². The van der Waals surface area contributed by atoms with Crippen LogP contribution in [0.15, 0.2) is 42.5 Å². The van der Waals surface area contributed by atoms with Crippen LogP contribution in [0.1, 0.15) is 22.5 Å². The molecule has 0 saturated carbocycles. The second-order valence-electron chi connectivity index (χ2n) is 5.24. The zero-order valence-corrected chi connectivity index (χ0v) is 11.9. The van der Waals surface area contributed by atoms with Crippen LogP contribution in [0, 0.1) is 13.8 Å². The predicted molar refractivity (Wildman–Crippen MR) is 82.6 cm³/mol. The van der Waals surface area contributed by atoms with Gasteiger partial charge in [-0.15, -0.1) is 0 Å². The number of nitrogens with two attached hydrogens (primary N) is 1. The van der Waals surface area contributed by atoms with Gasteiger partial charge in [-0.1, -0.05) is 30.3 Å². The van der Waals surface area contributed by atoms with E-state index in [4.69, 9.17) is 5.73 Å². The van der Waals surface area contributed by atoms with E-state index >= 15 is 0 Å². The van der Waals surface area contributed by atoms with E-state index in [1.54, 1.807) is 0 Å². The smallest absolute Gasteiger partial charge is 0.123 e. The van der Waals surface area contributed by atoms with Gasteiger partial charge in [0.2, 0.25) is 0 Å². The Morgan fingerprint density at radius 3 is 2.65 bits per heavy atom. The lowest BCUT2D eigenvalue weighted by atomic mass is 10.1. The number of nitrogens with zero attached hydrogens (tertiary/aromatic N) is 2. The van der Waals surface area contributed by atoms with E-state index in [1.165, 1.54) is 16.7 Å². The Labute approximate surface area is 119 Å². The number of hydrogen-bond acceptors (Lipinski definition) is 2. The Bertz CT molecular complexity index is 756. The molecule has 1 aromatic heterocycles. The van der Waals surface area contributed by atoms with Gasteiger partial charge in [0.05, 0.1) is 17.6 Å². The molecule has 20 heavy (non-hydrogen) atoms. The summed E-state index contributed by atoms with van der Waals surface area (Å²) < 4.78 is 2.22. The van der Waals surface area contributed by atoms with Crippen molar-refractivity contribution in [1.82, 2.24) is 9.55 Å². The molecule has 0 bridgehead atoms. The second-order valence-corrected chi connectivity index (χ2v) is 5.24. The van der Waals surface area contributed by atoms with Crippen molar-refractivity contribution in [1.29, 1.82) is 0 Å².